The largest absolute Gasteiger partial charge is 0.974 e. The maximum Gasteiger partial charge on any atom is 0.974 e. The SMILES string of the molecule is CCC(=O)O[Si](OC(C)=O)(OC(C)=O)OC(C)=O. The van der Waals surface area contributed by atoms with Gasteiger partial charge in [0.05, 0.1) is 0 Å². The van der Waals surface area contributed by atoms with Crippen LogP contribution in [-0.4, -0.2) is 32.9 Å². The van der Waals surface area contributed by atoms with Crippen molar-refractivity contribution in [3.63, 3.8) is 0 Å². The molecule has 0 rings (SSSR count). The zero-order valence-electron chi connectivity index (χ0n) is 10.5. The van der Waals surface area contributed by atoms with E-state index in [0.29, 0.717) is 0 Å². The van der Waals surface area contributed by atoms with Crippen LogP contribution >= 0.6 is 0 Å². The van der Waals surface area contributed by atoms with E-state index in [1.165, 1.54) is 6.92 Å². The molecule has 0 aromatic heterocycles. The zero-order chi connectivity index (χ0) is 14.3. The fourth-order valence-corrected chi connectivity index (χ4v) is 2.59. The molecule has 0 fully saturated rings. The number of carbonyl (C=O) groups is 4. The summed E-state index contributed by atoms with van der Waals surface area (Å²) in [6, 6.07) is 0. The van der Waals surface area contributed by atoms with Crippen molar-refractivity contribution in [2.75, 3.05) is 0 Å². The van der Waals surface area contributed by atoms with Crippen molar-refractivity contribution in [2.24, 2.45) is 0 Å². The van der Waals surface area contributed by atoms with Gasteiger partial charge >= 0.3 is 9.05 Å². The van der Waals surface area contributed by atoms with Crippen molar-refractivity contribution in [1.29, 1.82) is 0 Å². The molecule has 0 atom stereocenters. The highest BCUT2D eigenvalue weighted by Gasteiger charge is 2.61. The van der Waals surface area contributed by atoms with Gasteiger partial charge < -0.3 is 17.7 Å². The molecule has 0 aliphatic heterocycles. The van der Waals surface area contributed by atoms with E-state index in [1.807, 2.05) is 0 Å². The summed E-state index contributed by atoms with van der Waals surface area (Å²) in [6.45, 7) is 4.45. The van der Waals surface area contributed by atoms with Gasteiger partial charge in [-0.25, -0.2) is 0 Å². The van der Waals surface area contributed by atoms with E-state index in [2.05, 4.69) is 13.3 Å². The van der Waals surface area contributed by atoms with E-state index in [-0.39, 0.29) is 6.42 Å². The predicted molar refractivity (Wildman–Crippen MR) is 57.4 cm³/mol. The van der Waals surface area contributed by atoms with Crippen molar-refractivity contribution in [1.82, 2.24) is 0 Å². The van der Waals surface area contributed by atoms with E-state index in [9.17, 15) is 19.2 Å². The molecule has 0 radical (unpaired) electrons. The summed E-state index contributed by atoms with van der Waals surface area (Å²) in [4.78, 5) is 44.0. The summed E-state index contributed by atoms with van der Waals surface area (Å²) >= 11 is 0. The summed E-state index contributed by atoms with van der Waals surface area (Å²) in [6.07, 6.45) is -0.0709. The minimum absolute atomic E-state index is 0.0709. The summed E-state index contributed by atoms with van der Waals surface area (Å²) in [5.74, 6) is -3.56. The van der Waals surface area contributed by atoms with Crippen molar-refractivity contribution in [2.45, 2.75) is 34.1 Å². The van der Waals surface area contributed by atoms with Gasteiger partial charge in [0.2, 0.25) is 0 Å². The molecule has 0 heterocycles. The van der Waals surface area contributed by atoms with Crippen LogP contribution in [0.25, 0.3) is 0 Å². The van der Waals surface area contributed by atoms with Crippen LogP contribution in [-0.2, 0) is 36.9 Å². The molecule has 0 unspecified atom stereocenters. The molecule has 0 amide bonds. The Bertz CT molecular complexity index is 323. The molecule has 0 aliphatic rings. The lowest BCUT2D eigenvalue weighted by atomic mass is 10.5. The van der Waals surface area contributed by atoms with E-state index in [0.717, 1.165) is 20.8 Å². The van der Waals surface area contributed by atoms with Gasteiger partial charge in [-0.2, -0.15) is 0 Å². The maximum atomic E-state index is 11.2. The summed E-state index contributed by atoms with van der Waals surface area (Å²) in [7, 11) is -4.47. The second-order valence-corrected chi connectivity index (χ2v) is 4.93. The molecule has 0 aromatic rings. The van der Waals surface area contributed by atoms with Crippen LogP contribution in [0.4, 0.5) is 0 Å². The van der Waals surface area contributed by atoms with Gasteiger partial charge in [0.1, 0.15) is 0 Å². The standard InChI is InChI=1S/C9H14O8Si/c1-5-9(13)17-18(14-6(2)10,15-7(3)11)16-8(4)12/h5H2,1-4H3. The summed E-state index contributed by atoms with van der Waals surface area (Å²) in [5.41, 5.74) is 0. The van der Waals surface area contributed by atoms with Crippen LogP contribution in [0, 0.1) is 0 Å². The van der Waals surface area contributed by atoms with Gasteiger partial charge in [-0.15, -0.1) is 0 Å². The molecule has 0 bridgehead atoms. The molecule has 0 spiro atoms. The normalized spacial score (nSPS) is 10.2. The highest BCUT2D eigenvalue weighted by atomic mass is 28.4. The number of hydrogen-bond acceptors (Lipinski definition) is 8. The Kier molecular flexibility index (Phi) is 6.03. The van der Waals surface area contributed by atoms with E-state index < -0.39 is 32.9 Å². The van der Waals surface area contributed by atoms with E-state index >= 15 is 0 Å². The Balaban J connectivity index is 5.21. The van der Waals surface area contributed by atoms with Crippen LogP contribution in [0.2, 0.25) is 0 Å². The topological polar surface area (TPSA) is 105 Å². The monoisotopic (exact) mass is 278 g/mol. The smallest absolute Gasteiger partial charge is 0.423 e. The van der Waals surface area contributed by atoms with Crippen molar-refractivity contribution in [3.8, 4) is 0 Å². The number of hydrogen-bond donors (Lipinski definition) is 0. The van der Waals surface area contributed by atoms with Gasteiger partial charge in [0.25, 0.3) is 23.9 Å². The van der Waals surface area contributed by atoms with Crippen LogP contribution in [0.1, 0.15) is 34.1 Å². The molecule has 9 heteroatoms. The molecule has 0 N–H and O–H groups in total. The third kappa shape index (κ3) is 5.99. The first-order valence-corrected chi connectivity index (χ1v) is 6.64. The molecule has 102 valence electrons. The van der Waals surface area contributed by atoms with Gasteiger partial charge in [0, 0.05) is 27.2 Å². The summed E-state index contributed by atoms with van der Waals surface area (Å²) < 4.78 is 18.5. The molecular weight excluding hydrogens is 264 g/mol. The Labute approximate surface area is 105 Å². The van der Waals surface area contributed by atoms with Crippen molar-refractivity contribution < 1.29 is 36.9 Å². The van der Waals surface area contributed by atoms with E-state index in [4.69, 9.17) is 4.43 Å². The third-order valence-corrected chi connectivity index (χ3v) is 3.42. The lowest BCUT2D eigenvalue weighted by Crippen LogP contribution is -2.53. The fourth-order valence-electron chi connectivity index (χ4n) is 0.865. The first-order chi connectivity index (χ1) is 8.20. The van der Waals surface area contributed by atoms with E-state index in [1.54, 1.807) is 0 Å². The Hall–Kier alpha value is -1.90. The van der Waals surface area contributed by atoms with Crippen molar-refractivity contribution in [3.05, 3.63) is 0 Å². The Morgan fingerprint density at radius 2 is 1.11 bits per heavy atom. The first-order valence-electron chi connectivity index (χ1n) is 5.01. The fraction of sp³-hybridized carbons (Fsp3) is 0.556. The van der Waals surface area contributed by atoms with Crippen LogP contribution < -0.4 is 0 Å². The average molecular weight is 278 g/mol. The van der Waals surface area contributed by atoms with Gasteiger partial charge in [-0.05, 0) is 0 Å². The number of carbonyl (C=O) groups excluding carboxylic acids is 4. The molecule has 0 aliphatic carbocycles. The van der Waals surface area contributed by atoms with Gasteiger partial charge in [-0.3, -0.25) is 19.2 Å². The molecule has 0 aromatic carbocycles. The highest BCUT2D eigenvalue weighted by molar-refractivity contribution is 6.60. The first kappa shape index (κ1) is 16.1. The molecule has 18 heavy (non-hydrogen) atoms. The summed E-state index contributed by atoms with van der Waals surface area (Å²) in [5, 5.41) is 0. The van der Waals surface area contributed by atoms with Crippen LogP contribution in [0.3, 0.4) is 0 Å². The van der Waals surface area contributed by atoms with Crippen molar-refractivity contribution >= 4 is 32.9 Å². The van der Waals surface area contributed by atoms with Gasteiger partial charge in [0.15, 0.2) is 0 Å². The second-order valence-electron chi connectivity index (χ2n) is 3.11. The zero-order valence-corrected chi connectivity index (χ0v) is 11.5. The Morgan fingerprint density at radius 1 is 0.778 bits per heavy atom. The molecule has 8 nitrogen and oxygen atoms in total. The van der Waals surface area contributed by atoms with Crippen LogP contribution in [0.15, 0.2) is 0 Å². The quantitative estimate of drug-likeness (QED) is 0.650. The third-order valence-electron chi connectivity index (χ3n) is 1.33. The highest BCUT2D eigenvalue weighted by Crippen LogP contribution is 2.14. The average Bonchev–Trinajstić information content (AvgIpc) is 2.12. The lowest BCUT2D eigenvalue weighted by molar-refractivity contribution is -0.160. The predicted octanol–water partition coefficient (Wildman–Crippen LogP) is 0.0645. The lowest BCUT2D eigenvalue weighted by Gasteiger charge is -2.23. The van der Waals surface area contributed by atoms with Crippen LogP contribution in [0.5, 0.6) is 0 Å². The Morgan fingerprint density at radius 3 is 1.33 bits per heavy atom. The minimum Gasteiger partial charge on any atom is -0.423 e. The second kappa shape index (κ2) is 6.74. The molecular formula is C9H14O8Si. The maximum absolute atomic E-state index is 11.2. The molecule has 0 saturated carbocycles. The molecule has 0 saturated heterocycles. The minimum atomic E-state index is -4.47. The number of rotatable bonds is 5. The van der Waals surface area contributed by atoms with Gasteiger partial charge in [-0.1, -0.05) is 6.92 Å².